The van der Waals surface area contributed by atoms with E-state index in [4.69, 9.17) is 11.6 Å². The summed E-state index contributed by atoms with van der Waals surface area (Å²) in [6.45, 7) is 5.19. The zero-order valence-electron chi connectivity index (χ0n) is 16.0. The number of benzene rings is 1. The Morgan fingerprint density at radius 2 is 1.89 bits per heavy atom. The average molecular weight is 442 g/mol. The number of amides is 1. The summed E-state index contributed by atoms with van der Waals surface area (Å²) in [5.74, 6) is -0.0625. The smallest absolute Gasteiger partial charge is 0.265 e. The van der Waals surface area contributed by atoms with Crippen LogP contribution in [0.5, 0.6) is 0 Å². The molecule has 0 radical (unpaired) electrons. The number of hydrogen-bond donors (Lipinski definition) is 0. The van der Waals surface area contributed by atoms with Crippen LogP contribution in [0.3, 0.4) is 0 Å². The topological polar surface area (TPSA) is 70.6 Å². The predicted molar refractivity (Wildman–Crippen MR) is 112 cm³/mol. The van der Waals surface area contributed by atoms with Crippen LogP contribution in [0.2, 0.25) is 5.02 Å². The van der Waals surface area contributed by atoms with Crippen molar-refractivity contribution in [1.29, 1.82) is 0 Å². The number of unbranched alkanes of at least 4 members (excludes halogenated alkanes) is 1. The number of halogens is 1. The second-order valence-electron chi connectivity index (χ2n) is 6.75. The minimum absolute atomic E-state index is 0.0625. The van der Waals surface area contributed by atoms with Crippen molar-refractivity contribution < 1.29 is 13.2 Å². The summed E-state index contributed by atoms with van der Waals surface area (Å²) < 4.78 is 27.1. The van der Waals surface area contributed by atoms with Crippen LogP contribution >= 0.6 is 22.9 Å². The normalized spacial score (nSPS) is 15.8. The van der Waals surface area contributed by atoms with Gasteiger partial charge in [-0.1, -0.05) is 37.1 Å². The molecule has 1 amide bonds. The highest BCUT2D eigenvalue weighted by atomic mass is 35.5. The molecule has 1 fully saturated rings. The molecule has 1 aromatic heterocycles. The third-order valence-corrected chi connectivity index (χ3v) is 8.36. The predicted octanol–water partition coefficient (Wildman–Crippen LogP) is 3.59. The molecular formula is C19H24ClN3O3S2. The molecule has 0 aliphatic carbocycles. The number of piperazine rings is 1. The first-order valence-corrected chi connectivity index (χ1v) is 12.0. The molecule has 0 bridgehead atoms. The number of aryl methyl sites for hydroxylation is 2. The van der Waals surface area contributed by atoms with Gasteiger partial charge in [0, 0.05) is 26.2 Å². The minimum atomic E-state index is -3.67. The molecule has 1 saturated heterocycles. The Hall–Kier alpha value is -1.48. The Morgan fingerprint density at radius 3 is 2.54 bits per heavy atom. The molecule has 2 heterocycles. The third-order valence-electron chi connectivity index (χ3n) is 4.76. The molecular weight excluding hydrogens is 418 g/mol. The number of sulfonamides is 1. The Bertz CT molecular complexity index is 951. The highest BCUT2D eigenvalue weighted by Crippen LogP contribution is 2.26. The van der Waals surface area contributed by atoms with Gasteiger partial charge in [-0.15, -0.1) is 11.3 Å². The summed E-state index contributed by atoms with van der Waals surface area (Å²) in [4.78, 5) is 19.9. The molecule has 1 aliphatic rings. The van der Waals surface area contributed by atoms with Gasteiger partial charge in [0.05, 0.1) is 15.7 Å². The molecule has 0 atom stereocenters. The fourth-order valence-corrected chi connectivity index (χ4v) is 6.14. The van der Waals surface area contributed by atoms with E-state index < -0.39 is 10.0 Å². The van der Waals surface area contributed by atoms with Crippen molar-refractivity contribution in [2.75, 3.05) is 26.2 Å². The van der Waals surface area contributed by atoms with Crippen LogP contribution < -0.4 is 0 Å². The molecule has 0 N–H and O–H groups in total. The summed E-state index contributed by atoms with van der Waals surface area (Å²) >= 11 is 7.52. The summed E-state index contributed by atoms with van der Waals surface area (Å²) in [5, 5.41) is 1.20. The van der Waals surface area contributed by atoms with Crippen molar-refractivity contribution in [2.45, 2.75) is 38.0 Å². The van der Waals surface area contributed by atoms with Crippen LogP contribution in [0.15, 0.2) is 29.2 Å². The van der Waals surface area contributed by atoms with Gasteiger partial charge in [0.2, 0.25) is 10.0 Å². The van der Waals surface area contributed by atoms with Crippen LogP contribution in [0, 0.1) is 6.92 Å². The first-order chi connectivity index (χ1) is 13.3. The first kappa shape index (κ1) is 21.2. The molecule has 1 aliphatic heterocycles. The van der Waals surface area contributed by atoms with Crippen molar-refractivity contribution in [3.63, 3.8) is 0 Å². The monoisotopic (exact) mass is 441 g/mol. The second kappa shape index (κ2) is 8.90. The molecule has 3 rings (SSSR count). The average Bonchev–Trinajstić information content (AvgIpc) is 3.06. The number of hydrogen-bond acceptors (Lipinski definition) is 5. The number of aromatic nitrogens is 1. The van der Waals surface area contributed by atoms with Crippen LogP contribution in [0.1, 0.15) is 40.1 Å². The SMILES string of the molecule is CCCCc1nc(C)c(C(=O)N2CCN(S(=O)(=O)c3ccccc3Cl)CC2)s1. The van der Waals surface area contributed by atoms with Crippen LogP contribution in [-0.2, 0) is 16.4 Å². The van der Waals surface area contributed by atoms with Crippen LogP contribution in [-0.4, -0.2) is 54.7 Å². The van der Waals surface area contributed by atoms with Crippen molar-refractivity contribution in [3.8, 4) is 0 Å². The molecule has 0 saturated carbocycles. The number of rotatable bonds is 6. The van der Waals surface area contributed by atoms with E-state index in [0.29, 0.717) is 18.0 Å². The Kier molecular flexibility index (Phi) is 6.75. The third kappa shape index (κ3) is 4.40. The molecule has 1 aromatic carbocycles. The lowest BCUT2D eigenvalue weighted by atomic mass is 10.2. The zero-order chi connectivity index (χ0) is 20.3. The zero-order valence-corrected chi connectivity index (χ0v) is 18.4. The van der Waals surface area contributed by atoms with E-state index in [-0.39, 0.29) is 28.9 Å². The lowest BCUT2D eigenvalue weighted by Crippen LogP contribution is -2.50. The number of carbonyl (C=O) groups is 1. The Morgan fingerprint density at radius 1 is 1.21 bits per heavy atom. The summed E-state index contributed by atoms with van der Waals surface area (Å²) in [5.41, 5.74) is 0.757. The van der Waals surface area contributed by atoms with E-state index in [1.165, 1.54) is 21.7 Å². The van der Waals surface area contributed by atoms with Crippen LogP contribution in [0.25, 0.3) is 0 Å². The van der Waals surface area contributed by atoms with Gasteiger partial charge in [-0.25, -0.2) is 13.4 Å². The molecule has 9 heteroatoms. The van der Waals surface area contributed by atoms with Gasteiger partial charge in [-0.05, 0) is 31.9 Å². The van der Waals surface area contributed by atoms with Gasteiger partial charge in [0.1, 0.15) is 9.77 Å². The fourth-order valence-electron chi connectivity index (χ4n) is 3.15. The number of carbonyl (C=O) groups excluding carboxylic acids is 1. The fraction of sp³-hybridized carbons (Fsp3) is 0.474. The van der Waals surface area contributed by atoms with Gasteiger partial charge < -0.3 is 4.90 Å². The van der Waals surface area contributed by atoms with Crippen molar-refractivity contribution in [1.82, 2.24) is 14.2 Å². The van der Waals surface area contributed by atoms with E-state index in [0.717, 1.165) is 30.0 Å². The molecule has 6 nitrogen and oxygen atoms in total. The summed E-state index contributed by atoms with van der Waals surface area (Å²) in [6, 6.07) is 6.43. The highest BCUT2D eigenvalue weighted by molar-refractivity contribution is 7.89. The van der Waals surface area contributed by atoms with Crippen molar-refractivity contribution in [3.05, 3.63) is 44.9 Å². The lowest BCUT2D eigenvalue weighted by Gasteiger charge is -2.34. The molecule has 28 heavy (non-hydrogen) atoms. The van der Waals surface area contributed by atoms with Gasteiger partial charge in [0.15, 0.2) is 0 Å². The maximum absolute atomic E-state index is 12.9. The van der Waals surface area contributed by atoms with E-state index in [1.807, 2.05) is 6.92 Å². The maximum Gasteiger partial charge on any atom is 0.265 e. The molecule has 152 valence electrons. The standard InChI is InChI=1S/C19H24ClN3O3S2/c1-3-4-9-17-21-14(2)18(27-17)19(24)22-10-12-23(13-11-22)28(25,26)16-8-6-5-7-15(16)20/h5-8H,3-4,9-13H2,1-2H3. The second-order valence-corrected chi connectivity index (χ2v) is 10.1. The summed E-state index contributed by atoms with van der Waals surface area (Å²) in [7, 11) is -3.67. The molecule has 0 spiro atoms. The number of thiazole rings is 1. The van der Waals surface area contributed by atoms with Gasteiger partial charge in [-0.2, -0.15) is 4.31 Å². The Labute approximate surface area is 175 Å². The van der Waals surface area contributed by atoms with Crippen LogP contribution in [0.4, 0.5) is 0 Å². The van der Waals surface area contributed by atoms with Crippen molar-refractivity contribution in [2.24, 2.45) is 0 Å². The van der Waals surface area contributed by atoms with Gasteiger partial charge in [0.25, 0.3) is 5.91 Å². The maximum atomic E-state index is 12.9. The van der Waals surface area contributed by atoms with E-state index in [1.54, 1.807) is 23.1 Å². The van der Waals surface area contributed by atoms with Gasteiger partial charge in [-0.3, -0.25) is 4.79 Å². The van der Waals surface area contributed by atoms with E-state index in [2.05, 4.69) is 11.9 Å². The quantitative estimate of drug-likeness (QED) is 0.686. The Balaban J connectivity index is 1.68. The first-order valence-electron chi connectivity index (χ1n) is 9.35. The van der Waals surface area contributed by atoms with E-state index >= 15 is 0 Å². The molecule has 0 unspecified atom stereocenters. The van der Waals surface area contributed by atoms with Gasteiger partial charge >= 0.3 is 0 Å². The summed E-state index contributed by atoms with van der Waals surface area (Å²) in [6.07, 6.45) is 3.03. The van der Waals surface area contributed by atoms with Crippen molar-refractivity contribution >= 4 is 38.9 Å². The largest absolute Gasteiger partial charge is 0.335 e. The lowest BCUT2D eigenvalue weighted by molar-refractivity contribution is 0.0702. The highest BCUT2D eigenvalue weighted by Gasteiger charge is 2.32. The molecule has 2 aromatic rings. The minimum Gasteiger partial charge on any atom is -0.335 e. The van der Waals surface area contributed by atoms with E-state index in [9.17, 15) is 13.2 Å². The number of nitrogens with zero attached hydrogens (tertiary/aromatic N) is 3.